The van der Waals surface area contributed by atoms with Crippen LogP contribution in [-0.4, -0.2) is 34.9 Å². The Morgan fingerprint density at radius 2 is 0.750 bits per heavy atom. The third-order valence-corrected chi connectivity index (χ3v) is 11.4. The molecule has 0 saturated heterocycles. The fraction of sp³-hybridized carbons (Fsp3) is 0.732. The maximum absolute atomic E-state index is 12.4. The minimum Gasteiger partial charge on any atom is -0.394 e. The van der Waals surface area contributed by atoms with Gasteiger partial charge in [0.05, 0.1) is 18.8 Å². The van der Waals surface area contributed by atoms with Gasteiger partial charge in [0.2, 0.25) is 5.91 Å². The van der Waals surface area contributed by atoms with Gasteiger partial charge < -0.3 is 15.5 Å². The molecule has 346 valence electrons. The zero-order valence-corrected chi connectivity index (χ0v) is 39.7. The van der Waals surface area contributed by atoms with E-state index >= 15 is 0 Å². The molecule has 2 unspecified atom stereocenters. The van der Waals surface area contributed by atoms with E-state index in [0.29, 0.717) is 6.42 Å². The Kier molecular flexibility index (Phi) is 48.9. The second-order valence-electron chi connectivity index (χ2n) is 17.2. The molecular weight excluding hydrogens is 735 g/mol. The van der Waals surface area contributed by atoms with Gasteiger partial charge in [0.1, 0.15) is 0 Å². The lowest BCUT2D eigenvalue weighted by molar-refractivity contribution is -0.123. The van der Waals surface area contributed by atoms with Gasteiger partial charge in [-0.05, 0) is 77.0 Å². The summed E-state index contributed by atoms with van der Waals surface area (Å²) in [5.41, 5.74) is 0. The van der Waals surface area contributed by atoms with Crippen LogP contribution in [-0.2, 0) is 4.79 Å². The Hall–Kier alpha value is -2.43. The first-order valence-electron chi connectivity index (χ1n) is 25.8. The highest BCUT2D eigenvalue weighted by Crippen LogP contribution is 2.15. The molecule has 0 aromatic heterocycles. The summed E-state index contributed by atoms with van der Waals surface area (Å²) < 4.78 is 0. The number of hydrogen-bond acceptors (Lipinski definition) is 3. The number of amides is 1. The van der Waals surface area contributed by atoms with Gasteiger partial charge in [-0.3, -0.25) is 4.79 Å². The highest BCUT2D eigenvalue weighted by Gasteiger charge is 2.17. The molecule has 0 aliphatic carbocycles. The quantitative estimate of drug-likeness (QED) is 0.0423. The van der Waals surface area contributed by atoms with Gasteiger partial charge in [0, 0.05) is 6.42 Å². The first-order valence-corrected chi connectivity index (χ1v) is 25.8. The van der Waals surface area contributed by atoms with Crippen molar-refractivity contribution in [2.75, 3.05) is 6.61 Å². The molecule has 4 nitrogen and oxygen atoms in total. The fourth-order valence-corrected chi connectivity index (χ4v) is 7.46. The number of aliphatic hydroxyl groups is 2. The molecule has 0 fully saturated rings. The summed E-state index contributed by atoms with van der Waals surface area (Å²) in [6.07, 6.45) is 74.3. The predicted molar refractivity (Wildman–Crippen MR) is 267 cm³/mol. The van der Waals surface area contributed by atoms with Crippen molar-refractivity contribution in [3.05, 3.63) is 85.1 Å². The smallest absolute Gasteiger partial charge is 0.220 e. The lowest BCUT2D eigenvalue weighted by Gasteiger charge is -2.19. The van der Waals surface area contributed by atoms with E-state index < -0.39 is 12.1 Å². The molecule has 2 atom stereocenters. The number of unbranched alkanes of at least 4 members (excludes halogenated alkanes) is 27. The van der Waals surface area contributed by atoms with Gasteiger partial charge in [-0.15, -0.1) is 0 Å². The fourth-order valence-electron chi connectivity index (χ4n) is 7.46. The van der Waals surface area contributed by atoms with Crippen molar-refractivity contribution in [3.8, 4) is 0 Å². The van der Waals surface area contributed by atoms with Crippen LogP contribution < -0.4 is 5.32 Å². The highest BCUT2D eigenvalue weighted by molar-refractivity contribution is 5.76. The molecule has 0 spiro atoms. The van der Waals surface area contributed by atoms with E-state index in [1.54, 1.807) is 6.08 Å². The monoisotopic (exact) mass is 834 g/mol. The van der Waals surface area contributed by atoms with E-state index in [9.17, 15) is 15.0 Å². The van der Waals surface area contributed by atoms with E-state index in [0.717, 1.165) is 70.6 Å². The predicted octanol–water partition coefficient (Wildman–Crippen LogP) is 16.8. The Balaban J connectivity index is 3.61. The van der Waals surface area contributed by atoms with Crippen LogP contribution >= 0.6 is 0 Å². The van der Waals surface area contributed by atoms with E-state index in [1.165, 1.54) is 154 Å². The second-order valence-corrected chi connectivity index (χ2v) is 17.2. The normalized spacial score (nSPS) is 13.6. The minimum atomic E-state index is -0.870. The number of carbonyl (C=O) groups is 1. The molecule has 0 aliphatic rings. The minimum absolute atomic E-state index is 0.0821. The molecule has 0 rings (SSSR count). The van der Waals surface area contributed by atoms with E-state index in [1.807, 2.05) is 6.08 Å². The average Bonchev–Trinajstić information content (AvgIpc) is 3.25. The second kappa shape index (κ2) is 50.9. The van der Waals surface area contributed by atoms with Crippen molar-refractivity contribution in [3.63, 3.8) is 0 Å². The summed E-state index contributed by atoms with van der Waals surface area (Å²) in [7, 11) is 0. The lowest BCUT2D eigenvalue weighted by atomic mass is 10.0. The van der Waals surface area contributed by atoms with E-state index in [4.69, 9.17) is 0 Å². The number of allylic oxidation sites excluding steroid dienone is 13. The molecule has 1 amide bonds. The van der Waals surface area contributed by atoms with Gasteiger partial charge in [-0.2, -0.15) is 0 Å². The first kappa shape index (κ1) is 57.6. The van der Waals surface area contributed by atoms with Crippen molar-refractivity contribution >= 4 is 5.91 Å². The maximum Gasteiger partial charge on any atom is 0.220 e. The standard InChI is InChI=1S/C56H99NO3/c1-3-5-7-9-11-13-15-17-19-21-23-25-27-28-30-32-34-36-38-40-42-44-46-48-50-52-56(60)57-54(53-58)55(59)51-49-47-45-43-41-39-37-35-33-31-29-26-24-22-20-18-16-14-12-10-8-6-4-2/h5,7,11,13,17,19,23,25,28,30,41,43,49,51,54-55,58-59H,3-4,6,8-10,12,14-16,18,20-22,24,26-27,29,31-40,42,44-48,50,52-53H2,1-2H3,(H,57,60)/b7-5-,13-11-,19-17-,25-23-,30-28-,43-41+,51-49+. The zero-order chi connectivity index (χ0) is 43.5. The van der Waals surface area contributed by atoms with Gasteiger partial charge in [-0.1, -0.05) is 247 Å². The van der Waals surface area contributed by atoms with Crippen LogP contribution in [0.5, 0.6) is 0 Å². The van der Waals surface area contributed by atoms with Crippen LogP contribution in [0.4, 0.5) is 0 Å². The molecule has 3 N–H and O–H groups in total. The van der Waals surface area contributed by atoms with Crippen LogP contribution in [0.2, 0.25) is 0 Å². The van der Waals surface area contributed by atoms with Crippen molar-refractivity contribution in [1.29, 1.82) is 0 Å². The first-order chi connectivity index (χ1) is 29.7. The summed E-state index contributed by atoms with van der Waals surface area (Å²) in [6, 6.07) is -0.648. The molecule has 0 radical (unpaired) electrons. The summed E-state index contributed by atoms with van der Waals surface area (Å²) in [5, 5.41) is 23.1. The van der Waals surface area contributed by atoms with Crippen molar-refractivity contribution in [2.45, 2.75) is 257 Å². The van der Waals surface area contributed by atoms with Crippen LogP contribution in [0.3, 0.4) is 0 Å². The molecule has 0 heterocycles. The van der Waals surface area contributed by atoms with Crippen molar-refractivity contribution in [2.24, 2.45) is 0 Å². The number of carbonyl (C=O) groups excluding carboxylic acids is 1. The Morgan fingerprint density at radius 3 is 1.17 bits per heavy atom. The molecule has 4 heteroatoms. The van der Waals surface area contributed by atoms with E-state index in [-0.39, 0.29) is 12.5 Å². The number of nitrogens with one attached hydrogen (secondary N) is 1. The molecule has 0 bridgehead atoms. The SMILES string of the molecule is CC/C=C\C/C=C\C/C=C\C/C=C\C/C=C\CCCCCCCCCCCC(=O)NC(CO)C(O)/C=C/CC/C=C/CCCCCCCCCCCCCCCCCCC. The van der Waals surface area contributed by atoms with Gasteiger partial charge in [0.25, 0.3) is 0 Å². The average molecular weight is 834 g/mol. The Morgan fingerprint density at radius 1 is 0.417 bits per heavy atom. The maximum atomic E-state index is 12.4. The third kappa shape index (κ3) is 46.6. The molecule has 0 saturated carbocycles. The largest absolute Gasteiger partial charge is 0.394 e. The molecule has 0 aromatic rings. The molecule has 60 heavy (non-hydrogen) atoms. The highest BCUT2D eigenvalue weighted by atomic mass is 16.3. The Bertz CT molecular complexity index is 1080. The summed E-state index contributed by atoms with van der Waals surface area (Å²) >= 11 is 0. The summed E-state index contributed by atoms with van der Waals surface area (Å²) in [5.74, 6) is -0.0821. The van der Waals surface area contributed by atoms with Crippen LogP contribution in [0, 0.1) is 0 Å². The molecule has 0 aromatic carbocycles. The third-order valence-electron chi connectivity index (χ3n) is 11.4. The van der Waals surface area contributed by atoms with Gasteiger partial charge in [0.15, 0.2) is 0 Å². The van der Waals surface area contributed by atoms with Crippen LogP contribution in [0.15, 0.2) is 85.1 Å². The summed E-state index contributed by atoms with van der Waals surface area (Å²) in [6.45, 7) is 4.19. The lowest BCUT2D eigenvalue weighted by Crippen LogP contribution is -2.45. The number of hydrogen-bond donors (Lipinski definition) is 3. The van der Waals surface area contributed by atoms with Crippen molar-refractivity contribution in [1.82, 2.24) is 5.32 Å². The number of aliphatic hydroxyl groups excluding tert-OH is 2. The molecular formula is C56H99NO3. The van der Waals surface area contributed by atoms with E-state index in [2.05, 4.69) is 92.1 Å². The zero-order valence-electron chi connectivity index (χ0n) is 39.7. The van der Waals surface area contributed by atoms with Crippen LogP contribution in [0.1, 0.15) is 245 Å². The van der Waals surface area contributed by atoms with Crippen molar-refractivity contribution < 1.29 is 15.0 Å². The van der Waals surface area contributed by atoms with Gasteiger partial charge >= 0.3 is 0 Å². The summed E-state index contributed by atoms with van der Waals surface area (Å²) in [4.78, 5) is 12.4. The van der Waals surface area contributed by atoms with Gasteiger partial charge in [-0.25, -0.2) is 0 Å². The number of rotatable bonds is 46. The topological polar surface area (TPSA) is 69.6 Å². The Labute approximate surface area is 373 Å². The van der Waals surface area contributed by atoms with Crippen LogP contribution in [0.25, 0.3) is 0 Å². The molecule has 0 aliphatic heterocycles.